The normalized spacial score (nSPS) is 16.6. The summed E-state index contributed by atoms with van der Waals surface area (Å²) in [6, 6.07) is 7.91. The number of aromatic nitrogens is 2. The molecule has 1 atom stereocenters. The number of para-hydroxylation sites is 1. The number of carbonyl (C=O) groups excluding carboxylic acids is 1. The van der Waals surface area contributed by atoms with Crippen molar-refractivity contribution < 1.29 is 13.9 Å². The van der Waals surface area contributed by atoms with E-state index in [1.165, 1.54) is 6.33 Å². The first kappa shape index (κ1) is 20.2. The summed E-state index contributed by atoms with van der Waals surface area (Å²) >= 11 is 0. The molecular formula is C23H28N4O3. The molecule has 3 aromatic rings. The first-order valence-electron chi connectivity index (χ1n) is 10.4. The molecule has 0 bridgehead atoms. The number of benzene rings is 1. The third-order valence-electron chi connectivity index (χ3n) is 5.92. The van der Waals surface area contributed by atoms with Crippen molar-refractivity contribution in [3.8, 4) is 5.75 Å². The van der Waals surface area contributed by atoms with Crippen LogP contribution < -0.4 is 15.0 Å². The molecule has 1 aliphatic rings. The fourth-order valence-corrected chi connectivity index (χ4v) is 4.16. The monoisotopic (exact) mass is 408 g/mol. The van der Waals surface area contributed by atoms with Gasteiger partial charge in [-0.25, -0.2) is 9.97 Å². The summed E-state index contributed by atoms with van der Waals surface area (Å²) < 4.78 is 11.1. The molecule has 7 nitrogen and oxygen atoms in total. The summed E-state index contributed by atoms with van der Waals surface area (Å²) in [6.45, 7) is 6.08. The molecule has 1 aliphatic heterocycles. The number of aryl methyl sites for hydroxylation is 2. The number of fused-ring (bicyclic) bond motifs is 1. The van der Waals surface area contributed by atoms with E-state index in [1.807, 2.05) is 38.1 Å². The third-order valence-corrected chi connectivity index (χ3v) is 5.92. The molecule has 3 heterocycles. The van der Waals surface area contributed by atoms with Gasteiger partial charge in [0.2, 0.25) is 11.6 Å². The smallest absolute Gasteiger partial charge is 0.231 e. The zero-order valence-electron chi connectivity index (χ0n) is 17.8. The van der Waals surface area contributed by atoms with Crippen molar-refractivity contribution in [3.05, 3.63) is 47.5 Å². The molecule has 2 aromatic heterocycles. The summed E-state index contributed by atoms with van der Waals surface area (Å²) in [5, 5.41) is 4.06. The minimum atomic E-state index is -0.0604. The lowest BCUT2D eigenvalue weighted by molar-refractivity contribution is -0.125. The second-order valence-corrected chi connectivity index (χ2v) is 7.80. The fourth-order valence-electron chi connectivity index (χ4n) is 4.16. The largest absolute Gasteiger partial charge is 0.496 e. The van der Waals surface area contributed by atoms with Crippen molar-refractivity contribution in [2.24, 2.45) is 5.92 Å². The van der Waals surface area contributed by atoms with Crippen LogP contribution in [0.3, 0.4) is 0 Å². The number of rotatable bonds is 6. The van der Waals surface area contributed by atoms with Gasteiger partial charge in [-0.15, -0.1) is 0 Å². The topological polar surface area (TPSA) is 80.5 Å². The van der Waals surface area contributed by atoms with Crippen LogP contribution in [0.5, 0.6) is 5.75 Å². The van der Waals surface area contributed by atoms with Crippen molar-refractivity contribution in [2.75, 3.05) is 31.6 Å². The van der Waals surface area contributed by atoms with E-state index in [0.29, 0.717) is 18.8 Å². The number of piperidine rings is 1. The predicted octanol–water partition coefficient (Wildman–Crippen LogP) is 3.42. The Morgan fingerprint density at radius 3 is 2.97 bits per heavy atom. The summed E-state index contributed by atoms with van der Waals surface area (Å²) in [7, 11) is 1.67. The summed E-state index contributed by atoms with van der Waals surface area (Å²) in [5.41, 5.74) is 2.77. The Bertz CT molecular complexity index is 1050. The zero-order chi connectivity index (χ0) is 21.1. The SMILES string of the molecule is COc1ccccc1CCNC(=O)[C@@H]1CCCN(c2ncnc3oc(C)c(C)c23)C1. The van der Waals surface area contributed by atoms with E-state index in [-0.39, 0.29) is 11.8 Å². The Morgan fingerprint density at radius 1 is 1.30 bits per heavy atom. The van der Waals surface area contributed by atoms with Crippen LogP contribution in [-0.2, 0) is 11.2 Å². The van der Waals surface area contributed by atoms with E-state index < -0.39 is 0 Å². The second-order valence-electron chi connectivity index (χ2n) is 7.80. The van der Waals surface area contributed by atoms with E-state index in [4.69, 9.17) is 9.15 Å². The number of methoxy groups -OCH3 is 1. The van der Waals surface area contributed by atoms with Crippen LogP contribution in [0, 0.1) is 19.8 Å². The van der Waals surface area contributed by atoms with Gasteiger partial charge in [0.25, 0.3) is 0 Å². The van der Waals surface area contributed by atoms with Gasteiger partial charge in [0.1, 0.15) is 23.7 Å². The van der Waals surface area contributed by atoms with Crippen molar-refractivity contribution in [1.29, 1.82) is 0 Å². The fraction of sp³-hybridized carbons (Fsp3) is 0.435. The molecule has 0 saturated carbocycles. The quantitative estimate of drug-likeness (QED) is 0.673. The maximum atomic E-state index is 12.8. The number of hydrogen-bond acceptors (Lipinski definition) is 6. The molecule has 1 N–H and O–H groups in total. The van der Waals surface area contributed by atoms with Gasteiger partial charge < -0.3 is 19.4 Å². The number of carbonyl (C=O) groups is 1. The molecule has 0 unspecified atom stereocenters. The highest BCUT2D eigenvalue weighted by molar-refractivity contribution is 5.90. The summed E-state index contributed by atoms with van der Waals surface area (Å²) in [4.78, 5) is 23.8. The molecule has 0 radical (unpaired) electrons. The second kappa shape index (κ2) is 8.73. The van der Waals surface area contributed by atoms with Crippen LogP contribution in [0.1, 0.15) is 29.7 Å². The van der Waals surface area contributed by atoms with E-state index in [1.54, 1.807) is 7.11 Å². The maximum absolute atomic E-state index is 12.8. The molecule has 158 valence electrons. The van der Waals surface area contributed by atoms with E-state index in [0.717, 1.165) is 59.6 Å². The van der Waals surface area contributed by atoms with Gasteiger partial charge in [0, 0.05) is 25.2 Å². The van der Waals surface area contributed by atoms with Crippen molar-refractivity contribution >= 4 is 22.8 Å². The van der Waals surface area contributed by atoms with Gasteiger partial charge in [0.05, 0.1) is 18.4 Å². The number of nitrogens with one attached hydrogen (secondary N) is 1. The number of nitrogens with zero attached hydrogens (tertiary/aromatic N) is 3. The number of anilines is 1. The van der Waals surface area contributed by atoms with Crippen LogP contribution >= 0.6 is 0 Å². The van der Waals surface area contributed by atoms with Crippen LogP contribution in [0.2, 0.25) is 0 Å². The summed E-state index contributed by atoms with van der Waals surface area (Å²) in [6.07, 6.45) is 4.11. The van der Waals surface area contributed by atoms with Crippen LogP contribution in [0.25, 0.3) is 11.1 Å². The minimum absolute atomic E-state index is 0.0604. The first-order chi connectivity index (χ1) is 14.6. The zero-order valence-corrected chi connectivity index (χ0v) is 17.8. The molecule has 0 spiro atoms. The molecule has 1 amide bonds. The average Bonchev–Trinajstić information content (AvgIpc) is 3.07. The van der Waals surface area contributed by atoms with Gasteiger partial charge in [-0.1, -0.05) is 18.2 Å². The molecule has 1 saturated heterocycles. The van der Waals surface area contributed by atoms with Crippen LogP contribution in [-0.4, -0.2) is 42.6 Å². The number of hydrogen-bond donors (Lipinski definition) is 1. The first-order valence-corrected chi connectivity index (χ1v) is 10.4. The van der Waals surface area contributed by atoms with E-state index >= 15 is 0 Å². The molecule has 30 heavy (non-hydrogen) atoms. The Hall–Kier alpha value is -3.09. The molecule has 7 heteroatoms. The van der Waals surface area contributed by atoms with Gasteiger partial charge in [-0.3, -0.25) is 4.79 Å². The molecule has 4 rings (SSSR count). The Kier molecular flexibility index (Phi) is 5.88. The highest BCUT2D eigenvalue weighted by Gasteiger charge is 2.28. The number of furan rings is 1. The van der Waals surface area contributed by atoms with E-state index in [2.05, 4.69) is 20.2 Å². The lowest BCUT2D eigenvalue weighted by Crippen LogP contribution is -2.43. The Balaban J connectivity index is 1.41. The highest BCUT2D eigenvalue weighted by atomic mass is 16.5. The molecule has 0 aliphatic carbocycles. The Labute approximate surface area is 176 Å². The predicted molar refractivity (Wildman–Crippen MR) is 116 cm³/mol. The van der Waals surface area contributed by atoms with Crippen LogP contribution in [0.4, 0.5) is 5.82 Å². The number of amides is 1. The lowest BCUT2D eigenvalue weighted by atomic mass is 9.96. The van der Waals surface area contributed by atoms with Crippen molar-refractivity contribution in [1.82, 2.24) is 15.3 Å². The van der Waals surface area contributed by atoms with Gasteiger partial charge in [-0.2, -0.15) is 0 Å². The Morgan fingerprint density at radius 2 is 2.13 bits per heavy atom. The minimum Gasteiger partial charge on any atom is -0.496 e. The molecule has 1 aromatic carbocycles. The standard InChI is InChI=1S/C23H28N4O3/c1-15-16(2)30-23-20(15)21(25-14-26-23)27-12-6-8-18(13-27)22(28)24-11-10-17-7-4-5-9-19(17)29-3/h4-5,7,9,14,18H,6,8,10-13H2,1-3H3,(H,24,28)/t18-/m1/s1. The van der Waals surface area contributed by atoms with Gasteiger partial charge in [-0.05, 0) is 44.7 Å². The molecular weight excluding hydrogens is 380 g/mol. The van der Waals surface area contributed by atoms with Crippen molar-refractivity contribution in [3.63, 3.8) is 0 Å². The third kappa shape index (κ3) is 3.97. The van der Waals surface area contributed by atoms with Gasteiger partial charge in [0.15, 0.2) is 0 Å². The average molecular weight is 409 g/mol. The number of ether oxygens (including phenoxy) is 1. The van der Waals surface area contributed by atoms with Crippen LogP contribution in [0.15, 0.2) is 35.0 Å². The summed E-state index contributed by atoms with van der Waals surface area (Å²) in [5.74, 6) is 2.61. The molecule has 1 fully saturated rings. The van der Waals surface area contributed by atoms with E-state index in [9.17, 15) is 4.79 Å². The maximum Gasteiger partial charge on any atom is 0.231 e. The highest BCUT2D eigenvalue weighted by Crippen LogP contribution is 2.32. The van der Waals surface area contributed by atoms with Gasteiger partial charge >= 0.3 is 0 Å². The van der Waals surface area contributed by atoms with Crippen molar-refractivity contribution in [2.45, 2.75) is 33.1 Å². The lowest BCUT2D eigenvalue weighted by Gasteiger charge is -2.33.